The van der Waals surface area contributed by atoms with E-state index in [-0.39, 0.29) is 18.2 Å². The van der Waals surface area contributed by atoms with Crippen molar-refractivity contribution >= 4 is 51.1 Å². The van der Waals surface area contributed by atoms with Crippen LogP contribution in [0.4, 0.5) is 11.4 Å². The summed E-state index contributed by atoms with van der Waals surface area (Å²) in [5.41, 5.74) is 2.47. The summed E-state index contributed by atoms with van der Waals surface area (Å²) in [6, 6.07) is 14.7. The third kappa shape index (κ3) is 4.59. The van der Waals surface area contributed by atoms with Gasteiger partial charge < -0.3 is 10.1 Å². The molecular weight excluding hydrogens is 438 g/mol. The molecule has 1 aliphatic heterocycles. The Labute approximate surface area is 194 Å². The summed E-state index contributed by atoms with van der Waals surface area (Å²) in [4.78, 5) is 28.4. The third-order valence-corrected chi connectivity index (χ3v) is 6.13. The van der Waals surface area contributed by atoms with Crippen molar-refractivity contribution in [3.63, 3.8) is 0 Å². The Bertz CT molecular complexity index is 1400. The SMILES string of the molecule is C#CCOc1ccc2ccccc2c1/C=C1\SC(=Nc2cc(C)c(C)c([N+](=O)[O-])c2)NC1=O. The Balaban J connectivity index is 1.73. The number of amidine groups is 1. The lowest BCUT2D eigenvalue weighted by Gasteiger charge is -2.10. The normalized spacial score (nSPS) is 15.6. The molecule has 1 heterocycles. The number of nitrogens with one attached hydrogen (secondary N) is 1. The summed E-state index contributed by atoms with van der Waals surface area (Å²) in [5.74, 6) is 2.71. The second-order valence-corrected chi connectivity index (χ2v) is 8.37. The number of ether oxygens (including phenoxy) is 1. The van der Waals surface area contributed by atoms with Crippen molar-refractivity contribution in [3.8, 4) is 18.1 Å². The molecule has 1 saturated heterocycles. The van der Waals surface area contributed by atoms with Gasteiger partial charge in [0, 0.05) is 17.2 Å². The van der Waals surface area contributed by atoms with E-state index < -0.39 is 4.92 Å². The fourth-order valence-electron chi connectivity index (χ4n) is 3.47. The summed E-state index contributed by atoms with van der Waals surface area (Å²) in [6.07, 6.45) is 7.10. The molecule has 1 fully saturated rings. The highest BCUT2D eigenvalue weighted by Gasteiger charge is 2.25. The first-order chi connectivity index (χ1) is 15.9. The number of amides is 1. The van der Waals surface area contributed by atoms with Gasteiger partial charge in [-0.1, -0.05) is 36.3 Å². The number of nitro benzene ring substituents is 1. The zero-order chi connectivity index (χ0) is 23.5. The molecule has 0 atom stereocenters. The van der Waals surface area contributed by atoms with Gasteiger partial charge in [0.25, 0.3) is 11.6 Å². The highest BCUT2D eigenvalue weighted by atomic mass is 32.2. The maximum atomic E-state index is 12.7. The molecule has 0 saturated carbocycles. The molecule has 8 heteroatoms. The fourth-order valence-corrected chi connectivity index (χ4v) is 4.30. The van der Waals surface area contributed by atoms with Gasteiger partial charge in [0.2, 0.25) is 0 Å². The van der Waals surface area contributed by atoms with E-state index in [0.717, 1.165) is 33.7 Å². The van der Waals surface area contributed by atoms with Crippen molar-refractivity contribution in [2.75, 3.05) is 6.61 Å². The largest absolute Gasteiger partial charge is 0.480 e. The van der Waals surface area contributed by atoms with Crippen LogP contribution < -0.4 is 10.1 Å². The minimum atomic E-state index is -0.435. The van der Waals surface area contributed by atoms with Gasteiger partial charge in [0.15, 0.2) is 5.17 Å². The Kier molecular flexibility index (Phi) is 6.16. The van der Waals surface area contributed by atoms with E-state index >= 15 is 0 Å². The first-order valence-corrected chi connectivity index (χ1v) is 10.8. The standard InChI is InChI=1S/C25H19N3O4S/c1-4-11-32-22-10-9-17-7-5-6-8-19(17)20(22)14-23-24(29)27-25(33-23)26-18-12-15(2)16(3)21(13-18)28(30)31/h1,5-10,12-14H,11H2,2-3H3,(H,26,27,29)/b23-14-. The molecule has 33 heavy (non-hydrogen) atoms. The van der Waals surface area contributed by atoms with Crippen LogP contribution in [-0.2, 0) is 4.79 Å². The Morgan fingerprint density at radius 2 is 2.03 bits per heavy atom. The maximum absolute atomic E-state index is 12.7. The van der Waals surface area contributed by atoms with Crippen molar-refractivity contribution in [2.24, 2.45) is 4.99 Å². The average molecular weight is 458 g/mol. The van der Waals surface area contributed by atoms with Crippen LogP contribution in [0.15, 0.2) is 58.4 Å². The fraction of sp³-hybridized carbons (Fsp3) is 0.120. The lowest BCUT2D eigenvalue weighted by Crippen LogP contribution is -2.19. The number of thioether (sulfide) groups is 1. The number of benzene rings is 3. The van der Waals surface area contributed by atoms with Gasteiger partial charge in [0.05, 0.1) is 15.5 Å². The summed E-state index contributed by atoms with van der Waals surface area (Å²) >= 11 is 1.16. The minimum absolute atomic E-state index is 0.00880. The summed E-state index contributed by atoms with van der Waals surface area (Å²) in [7, 11) is 0. The number of hydrogen-bond donors (Lipinski definition) is 1. The second kappa shape index (κ2) is 9.18. The van der Waals surface area contributed by atoms with E-state index in [1.54, 1.807) is 26.0 Å². The van der Waals surface area contributed by atoms with Gasteiger partial charge in [-0.3, -0.25) is 14.9 Å². The van der Waals surface area contributed by atoms with Gasteiger partial charge >= 0.3 is 0 Å². The molecule has 1 N–H and O–H groups in total. The molecule has 3 aromatic carbocycles. The quantitative estimate of drug-likeness (QED) is 0.244. The summed E-state index contributed by atoms with van der Waals surface area (Å²) in [6.45, 7) is 3.59. The number of terminal acetylenes is 1. The molecule has 4 rings (SSSR count). The van der Waals surface area contributed by atoms with Crippen molar-refractivity contribution < 1.29 is 14.5 Å². The topological polar surface area (TPSA) is 93.8 Å². The molecule has 0 radical (unpaired) electrons. The molecule has 164 valence electrons. The van der Waals surface area contributed by atoms with E-state index in [0.29, 0.717) is 27.1 Å². The highest BCUT2D eigenvalue weighted by Crippen LogP contribution is 2.35. The number of aliphatic imine (C=N–C) groups is 1. The Hall–Kier alpha value is -4.09. The monoisotopic (exact) mass is 457 g/mol. The average Bonchev–Trinajstić information content (AvgIpc) is 3.13. The molecule has 0 aromatic heterocycles. The first kappa shape index (κ1) is 22.1. The molecule has 1 amide bonds. The van der Waals surface area contributed by atoms with Crippen molar-refractivity contribution in [3.05, 3.63) is 80.2 Å². The molecule has 0 bridgehead atoms. The lowest BCUT2D eigenvalue weighted by atomic mass is 10.0. The minimum Gasteiger partial charge on any atom is -0.480 e. The zero-order valence-electron chi connectivity index (χ0n) is 17.9. The number of fused-ring (bicyclic) bond motifs is 1. The van der Waals surface area contributed by atoms with E-state index in [1.807, 2.05) is 36.4 Å². The van der Waals surface area contributed by atoms with Crippen LogP contribution >= 0.6 is 11.8 Å². The van der Waals surface area contributed by atoms with Crippen molar-refractivity contribution in [1.82, 2.24) is 5.32 Å². The van der Waals surface area contributed by atoms with E-state index in [4.69, 9.17) is 11.2 Å². The predicted molar refractivity (Wildman–Crippen MR) is 132 cm³/mol. The van der Waals surface area contributed by atoms with Crippen LogP contribution in [0.1, 0.15) is 16.7 Å². The molecule has 0 unspecified atom stereocenters. The van der Waals surface area contributed by atoms with Crippen LogP contribution in [0.2, 0.25) is 0 Å². The van der Waals surface area contributed by atoms with Crippen LogP contribution in [-0.4, -0.2) is 22.6 Å². The second-order valence-electron chi connectivity index (χ2n) is 7.34. The van der Waals surface area contributed by atoms with Gasteiger partial charge in [-0.15, -0.1) is 6.42 Å². The van der Waals surface area contributed by atoms with E-state index in [9.17, 15) is 14.9 Å². The number of carbonyl (C=O) groups is 1. The molecule has 1 aliphatic rings. The smallest absolute Gasteiger partial charge is 0.274 e. The van der Waals surface area contributed by atoms with Crippen LogP contribution in [0, 0.1) is 36.3 Å². The number of carbonyl (C=O) groups excluding carboxylic acids is 1. The molecular formula is C25H19N3O4S. The molecule has 7 nitrogen and oxygen atoms in total. The molecule has 0 aliphatic carbocycles. The number of hydrogen-bond acceptors (Lipinski definition) is 6. The first-order valence-electron chi connectivity index (χ1n) is 10.0. The van der Waals surface area contributed by atoms with Crippen molar-refractivity contribution in [1.29, 1.82) is 0 Å². The zero-order valence-corrected chi connectivity index (χ0v) is 18.7. The third-order valence-electron chi connectivity index (χ3n) is 5.22. The number of nitrogens with zero attached hydrogens (tertiary/aromatic N) is 2. The van der Waals surface area contributed by atoms with Crippen molar-refractivity contribution in [2.45, 2.75) is 13.8 Å². The molecule has 3 aromatic rings. The van der Waals surface area contributed by atoms with Crippen LogP contribution in [0.3, 0.4) is 0 Å². The highest BCUT2D eigenvalue weighted by molar-refractivity contribution is 8.18. The maximum Gasteiger partial charge on any atom is 0.274 e. The predicted octanol–water partition coefficient (Wildman–Crippen LogP) is 5.27. The number of aryl methyl sites for hydroxylation is 1. The van der Waals surface area contributed by atoms with E-state index in [2.05, 4.69) is 16.2 Å². The summed E-state index contributed by atoms with van der Waals surface area (Å²) in [5, 5.41) is 16.3. The number of nitro groups is 1. The van der Waals surface area contributed by atoms with Gasteiger partial charge in [0.1, 0.15) is 12.4 Å². The van der Waals surface area contributed by atoms with Crippen LogP contribution in [0.25, 0.3) is 16.8 Å². The van der Waals surface area contributed by atoms with Crippen LogP contribution in [0.5, 0.6) is 5.75 Å². The van der Waals surface area contributed by atoms with Gasteiger partial charge in [-0.05, 0) is 60.2 Å². The van der Waals surface area contributed by atoms with E-state index in [1.165, 1.54) is 6.07 Å². The Morgan fingerprint density at radius 3 is 2.79 bits per heavy atom. The lowest BCUT2D eigenvalue weighted by molar-refractivity contribution is -0.385. The van der Waals surface area contributed by atoms with Gasteiger partial charge in [-0.2, -0.15) is 0 Å². The van der Waals surface area contributed by atoms with Gasteiger partial charge in [-0.25, -0.2) is 4.99 Å². The molecule has 0 spiro atoms. The summed E-state index contributed by atoms with van der Waals surface area (Å²) < 4.78 is 5.71. The number of rotatable bonds is 5. The Morgan fingerprint density at radius 1 is 1.24 bits per heavy atom.